The average Bonchev–Trinajstić information content (AvgIpc) is 3.47. The maximum Gasteiger partial charge on any atom is 0.323 e. The molecular formula is C24H24N2O4. The normalized spacial score (nSPS) is 22.4. The van der Waals surface area contributed by atoms with Crippen molar-refractivity contribution in [2.75, 3.05) is 25.5 Å². The van der Waals surface area contributed by atoms with E-state index in [4.69, 9.17) is 9.47 Å². The van der Waals surface area contributed by atoms with E-state index in [1.54, 1.807) is 0 Å². The molecular weight excluding hydrogens is 380 g/mol. The van der Waals surface area contributed by atoms with Gasteiger partial charge < -0.3 is 14.8 Å². The lowest BCUT2D eigenvalue weighted by Crippen LogP contribution is -2.38. The molecule has 30 heavy (non-hydrogen) atoms. The smallest absolute Gasteiger partial charge is 0.323 e. The average molecular weight is 404 g/mol. The molecule has 0 bridgehead atoms. The number of fused-ring (bicyclic) bond motifs is 2. The number of nitrogens with one attached hydrogen (secondary N) is 1. The molecule has 6 nitrogen and oxygen atoms in total. The van der Waals surface area contributed by atoms with Crippen LogP contribution in [0.25, 0.3) is 11.3 Å². The highest BCUT2D eigenvalue weighted by Crippen LogP contribution is 2.41. The number of rotatable bonds is 4. The second kappa shape index (κ2) is 7.61. The van der Waals surface area contributed by atoms with Gasteiger partial charge in [0.15, 0.2) is 0 Å². The summed E-state index contributed by atoms with van der Waals surface area (Å²) in [5.41, 5.74) is 5.60. The fraction of sp³-hybridized carbons (Fsp3) is 0.333. The fourth-order valence-corrected chi connectivity index (χ4v) is 4.69. The molecule has 1 unspecified atom stereocenters. The van der Waals surface area contributed by atoms with Crippen LogP contribution in [0.5, 0.6) is 0 Å². The van der Waals surface area contributed by atoms with Crippen molar-refractivity contribution in [2.45, 2.75) is 31.9 Å². The van der Waals surface area contributed by atoms with Crippen molar-refractivity contribution in [3.63, 3.8) is 0 Å². The van der Waals surface area contributed by atoms with Crippen molar-refractivity contribution in [1.29, 1.82) is 0 Å². The van der Waals surface area contributed by atoms with Gasteiger partial charge in [-0.25, -0.2) is 0 Å². The molecule has 0 spiro atoms. The minimum Gasteiger partial charge on any atom is -0.487 e. The molecule has 3 heterocycles. The number of anilines is 1. The molecule has 3 aliphatic heterocycles. The lowest BCUT2D eigenvalue weighted by atomic mass is 9.98. The maximum absolute atomic E-state index is 12.6. The topological polar surface area (TPSA) is 67.9 Å². The van der Waals surface area contributed by atoms with Crippen LogP contribution in [-0.2, 0) is 32.1 Å². The molecule has 1 amide bonds. The molecule has 1 N–H and O–H groups in total. The summed E-state index contributed by atoms with van der Waals surface area (Å²) < 4.78 is 10.9. The number of hydrogen-bond acceptors (Lipinski definition) is 5. The summed E-state index contributed by atoms with van der Waals surface area (Å²) in [6.45, 7) is 2.22. The van der Waals surface area contributed by atoms with Gasteiger partial charge in [-0.05, 0) is 37.4 Å². The summed E-state index contributed by atoms with van der Waals surface area (Å²) >= 11 is 0. The summed E-state index contributed by atoms with van der Waals surface area (Å²) in [4.78, 5) is 26.7. The molecule has 1 fully saturated rings. The van der Waals surface area contributed by atoms with Gasteiger partial charge in [0.05, 0.1) is 12.7 Å². The number of nitrogens with zero attached hydrogens (tertiary/aromatic N) is 1. The quantitative estimate of drug-likeness (QED) is 0.626. The first-order valence-corrected chi connectivity index (χ1v) is 10.4. The van der Waals surface area contributed by atoms with E-state index in [1.807, 2.05) is 24.3 Å². The summed E-state index contributed by atoms with van der Waals surface area (Å²) in [5, 5.41) is 2.92. The minimum absolute atomic E-state index is 0.119. The fourth-order valence-electron chi connectivity index (χ4n) is 4.69. The van der Waals surface area contributed by atoms with Crippen LogP contribution in [0.1, 0.15) is 35.1 Å². The van der Waals surface area contributed by atoms with Crippen LogP contribution in [0.3, 0.4) is 0 Å². The molecule has 0 saturated carbocycles. The third-order valence-electron chi connectivity index (χ3n) is 6.21. The second-order valence-corrected chi connectivity index (χ2v) is 7.95. The van der Waals surface area contributed by atoms with Gasteiger partial charge in [0.25, 0.3) is 5.91 Å². The van der Waals surface area contributed by atoms with Crippen LogP contribution < -0.4 is 5.32 Å². The van der Waals surface area contributed by atoms with Gasteiger partial charge in [-0.15, -0.1) is 0 Å². The Morgan fingerprint density at radius 3 is 2.97 bits per heavy atom. The Morgan fingerprint density at radius 2 is 2.10 bits per heavy atom. The van der Waals surface area contributed by atoms with Crippen LogP contribution in [0.2, 0.25) is 0 Å². The zero-order chi connectivity index (χ0) is 20.7. The molecule has 1 saturated heterocycles. The van der Waals surface area contributed by atoms with Crippen molar-refractivity contribution < 1.29 is 19.1 Å². The van der Waals surface area contributed by atoms with Gasteiger partial charge in [-0.1, -0.05) is 36.4 Å². The van der Waals surface area contributed by atoms with Crippen molar-refractivity contribution >= 4 is 28.9 Å². The summed E-state index contributed by atoms with van der Waals surface area (Å²) in [6, 6.07) is 13.9. The Morgan fingerprint density at radius 1 is 1.23 bits per heavy atom. The Balaban J connectivity index is 1.36. The molecule has 5 rings (SSSR count). The number of carbonyl (C=O) groups is 2. The first-order valence-electron chi connectivity index (χ1n) is 10.4. The van der Waals surface area contributed by atoms with Gasteiger partial charge >= 0.3 is 5.97 Å². The Labute approximate surface area is 175 Å². The van der Waals surface area contributed by atoms with E-state index in [0.717, 1.165) is 54.7 Å². The van der Waals surface area contributed by atoms with E-state index in [0.29, 0.717) is 17.9 Å². The number of carbonyl (C=O) groups excluding carboxylic acids is 2. The second-order valence-electron chi connectivity index (χ2n) is 7.95. The lowest BCUT2D eigenvalue weighted by molar-refractivity contribution is -0.145. The van der Waals surface area contributed by atoms with Crippen molar-refractivity contribution in [1.82, 2.24) is 4.90 Å². The van der Waals surface area contributed by atoms with Gasteiger partial charge in [-0.3, -0.25) is 14.5 Å². The number of methoxy groups -OCH3 is 1. The Bertz CT molecular complexity index is 1060. The van der Waals surface area contributed by atoms with Gasteiger partial charge in [0, 0.05) is 28.9 Å². The van der Waals surface area contributed by atoms with Crippen molar-refractivity contribution in [2.24, 2.45) is 0 Å². The third kappa shape index (κ3) is 3.17. The highest BCUT2D eigenvalue weighted by atomic mass is 16.5. The third-order valence-corrected chi connectivity index (χ3v) is 6.21. The molecule has 3 aliphatic rings. The van der Waals surface area contributed by atoms with Gasteiger partial charge in [0.2, 0.25) is 0 Å². The van der Waals surface area contributed by atoms with E-state index in [-0.39, 0.29) is 17.9 Å². The molecule has 2 aromatic carbocycles. The lowest BCUT2D eigenvalue weighted by Gasteiger charge is -2.22. The Kier molecular flexibility index (Phi) is 4.79. The Hall–Kier alpha value is -3.12. The highest BCUT2D eigenvalue weighted by molar-refractivity contribution is 6.36. The summed E-state index contributed by atoms with van der Waals surface area (Å²) in [6.07, 6.45) is 2.75. The number of hydrogen-bond donors (Lipinski definition) is 1. The molecule has 1 atom stereocenters. The first kappa shape index (κ1) is 18.9. The molecule has 2 aromatic rings. The highest BCUT2D eigenvalue weighted by Gasteiger charge is 2.33. The number of para-hydroxylation sites is 1. The van der Waals surface area contributed by atoms with E-state index in [9.17, 15) is 9.59 Å². The number of ether oxygens (including phenoxy) is 2. The van der Waals surface area contributed by atoms with E-state index >= 15 is 0 Å². The van der Waals surface area contributed by atoms with Crippen LogP contribution in [0.4, 0.5) is 5.69 Å². The van der Waals surface area contributed by atoms with Gasteiger partial charge in [0.1, 0.15) is 18.4 Å². The summed E-state index contributed by atoms with van der Waals surface area (Å²) in [5.74, 6) is 0.400. The van der Waals surface area contributed by atoms with Crippen LogP contribution in [0, 0.1) is 0 Å². The predicted molar refractivity (Wildman–Crippen MR) is 113 cm³/mol. The van der Waals surface area contributed by atoms with E-state index in [2.05, 4.69) is 28.4 Å². The SMILES string of the molecule is COC(=O)C1CCCN1CCc1ccc2c(c1)COC2=C1C(=O)Nc2ccccc21. The van der Waals surface area contributed by atoms with Crippen molar-refractivity contribution in [3.8, 4) is 0 Å². The maximum atomic E-state index is 12.6. The minimum atomic E-state index is -0.138. The molecule has 0 radical (unpaired) electrons. The standard InChI is InChI=1S/C24H24N2O4/c1-29-24(28)20-7-4-11-26(20)12-10-15-8-9-17-16(13-15)14-30-22(17)21-18-5-2-3-6-19(18)25-23(21)27/h2-3,5-6,8-9,13,20H,4,7,10-12,14H2,1H3,(H,25,27). The first-order chi connectivity index (χ1) is 14.7. The number of esters is 1. The van der Waals surface area contributed by atoms with E-state index < -0.39 is 0 Å². The zero-order valence-electron chi connectivity index (χ0n) is 16.9. The van der Waals surface area contributed by atoms with Crippen molar-refractivity contribution in [3.05, 3.63) is 64.7 Å². The molecule has 6 heteroatoms. The predicted octanol–water partition coefficient (Wildman–Crippen LogP) is 3.22. The van der Waals surface area contributed by atoms with Crippen LogP contribution in [-0.4, -0.2) is 43.0 Å². The van der Waals surface area contributed by atoms with Gasteiger partial charge in [-0.2, -0.15) is 0 Å². The number of amides is 1. The largest absolute Gasteiger partial charge is 0.487 e. The molecule has 154 valence electrons. The van der Waals surface area contributed by atoms with Crippen LogP contribution >= 0.6 is 0 Å². The van der Waals surface area contributed by atoms with Crippen LogP contribution in [0.15, 0.2) is 42.5 Å². The number of benzene rings is 2. The monoisotopic (exact) mass is 404 g/mol. The summed E-state index contributed by atoms with van der Waals surface area (Å²) in [7, 11) is 1.45. The van der Waals surface area contributed by atoms with E-state index in [1.165, 1.54) is 12.7 Å². The molecule has 0 aromatic heterocycles. The molecule has 0 aliphatic carbocycles. The zero-order valence-corrected chi connectivity index (χ0v) is 16.9. The number of likely N-dealkylation sites (tertiary alicyclic amines) is 1.